The molecule has 0 fully saturated rings. The van der Waals surface area contributed by atoms with Crippen LogP contribution in [0, 0.1) is 0 Å². The third kappa shape index (κ3) is 4.25. The molecule has 0 radical (unpaired) electrons. The molecule has 0 heterocycles. The Labute approximate surface area is 128 Å². The monoisotopic (exact) mass is 334 g/mol. The lowest BCUT2D eigenvalue weighted by Gasteiger charge is -2.11. The van der Waals surface area contributed by atoms with Crippen LogP contribution in [0.5, 0.6) is 5.75 Å². The number of hydrogen-bond acceptors (Lipinski definition) is 3. The Kier molecular flexibility index (Phi) is 5.04. The van der Waals surface area contributed by atoms with Gasteiger partial charge in [-0.2, -0.15) is 0 Å². The summed E-state index contributed by atoms with van der Waals surface area (Å²) < 4.78 is 0.720. The number of hydrogen-bond donors (Lipinski definition) is 2. The van der Waals surface area contributed by atoms with Crippen molar-refractivity contribution >= 4 is 21.6 Å². The molecule has 0 saturated carbocycles. The first-order chi connectivity index (χ1) is 9.54. The molecule has 0 atom stereocenters. The van der Waals surface area contributed by atoms with Crippen LogP contribution < -0.4 is 5.32 Å². The summed E-state index contributed by atoms with van der Waals surface area (Å²) in [5.74, 6) is 0.266. The standard InChI is InChI=1S/C16H19BrN2O/c1-19(2)11-12-3-6-14(7-4-12)18-10-13-5-8-16(20)15(17)9-13/h3-9,18,20H,10-11H2,1-2H3. The minimum absolute atomic E-state index is 0.266. The summed E-state index contributed by atoms with van der Waals surface area (Å²) in [6.45, 7) is 1.68. The Morgan fingerprint density at radius 2 is 1.70 bits per heavy atom. The van der Waals surface area contributed by atoms with Crippen LogP contribution >= 0.6 is 15.9 Å². The Morgan fingerprint density at radius 3 is 2.30 bits per heavy atom. The fourth-order valence-corrected chi connectivity index (χ4v) is 2.38. The molecule has 0 saturated heterocycles. The van der Waals surface area contributed by atoms with E-state index in [4.69, 9.17) is 0 Å². The molecular formula is C16H19BrN2O. The van der Waals surface area contributed by atoms with Crippen molar-refractivity contribution < 1.29 is 5.11 Å². The molecule has 4 heteroatoms. The lowest BCUT2D eigenvalue weighted by Crippen LogP contribution is -2.10. The summed E-state index contributed by atoms with van der Waals surface area (Å²) >= 11 is 3.32. The van der Waals surface area contributed by atoms with Crippen LogP contribution in [0.15, 0.2) is 46.9 Å². The van der Waals surface area contributed by atoms with Crippen LogP contribution in [-0.4, -0.2) is 24.1 Å². The molecule has 3 nitrogen and oxygen atoms in total. The van der Waals surface area contributed by atoms with E-state index in [0.717, 1.165) is 28.8 Å². The van der Waals surface area contributed by atoms with Gasteiger partial charge in [-0.1, -0.05) is 18.2 Å². The van der Waals surface area contributed by atoms with Gasteiger partial charge in [0.1, 0.15) is 5.75 Å². The van der Waals surface area contributed by atoms with E-state index in [2.05, 4.69) is 64.5 Å². The average Bonchev–Trinajstić information content (AvgIpc) is 2.41. The van der Waals surface area contributed by atoms with Crippen molar-refractivity contribution in [2.24, 2.45) is 0 Å². The van der Waals surface area contributed by atoms with Crippen LogP contribution in [-0.2, 0) is 13.1 Å². The zero-order valence-corrected chi connectivity index (χ0v) is 13.3. The topological polar surface area (TPSA) is 35.5 Å². The van der Waals surface area contributed by atoms with E-state index in [1.165, 1.54) is 5.56 Å². The fourth-order valence-electron chi connectivity index (χ4n) is 1.96. The number of phenols is 1. The number of anilines is 1. The quantitative estimate of drug-likeness (QED) is 0.872. The van der Waals surface area contributed by atoms with Crippen LogP contribution in [0.1, 0.15) is 11.1 Å². The molecule has 2 N–H and O–H groups in total. The second-order valence-electron chi connectivity index (χ2n) is 5.07. The molecule has 0 aliphatic rings. The lowest BCUT2D eigenvalue weighted by atomic mass is 10.2. The maximum absolute atomic E-state index is 9.46. The number of rotatable bonds is 5. The van der Waals surface area contributed by atoms with Crippen LogP contribution in [0.2, 0.25) is 0 Å². The molecule has 0 aromatic heterocycles. The van der Waals surface area contributed by atoms with Gasteiger partial charge >= 0.3 is 0 Å². The molecular weight excluding hydrogens is 316 g/mol. The first-order valence-electron chi connectivity index (χ1n) is 6.49. The van der Waals surface area contributed by atoms with Crippen molar-refractivity contribution in [1.29, 1.82) is 0 Å². The Bertz CT molecular complexity index is 567. The summed E-state index contributed by atoms with van der Waals surface area (Å²) in [6.07, 6.45) is 0. The maximum Gasteiger partial charge on any atom is 0.129 e. The van der Waals surface area contributed by atoms with Gasteiger partial charge in [0.2, 0.25) is 0 Å². The predicted octanol–water partition coefficient (Wildman–Crippen LogP) is 3.83. The highest BCUT2D eigenvalue weighted by Gasteiger charge is 2.00. The van der Waals surface area contributed by atoms with Crippen molar-refractivity contribution in [3.8, 4) is 5.75 Å². The summed E-state index contributed by atoms with van der Waals surface area (Å²) in [6, 6.07) is 14.0. The molecule has 2 rings (SSSR count). The summed E-state index contributed by atoms with van der Waals surface area (Å²) in [7, 11) is 4.13. The van der Waals surface area contributed by atoms with E-state index < -0.39 is 0 Å². The van der Waals surface area contributed by atoms with Gasteiger partial charge in [0.25, 0.3) is 0 Å². The zero-order valence-electron chi connectivity index (χ0n) is 11.7. The maximum atomic E-state index is 9.46. The molecule has 0 bridgehead atoms. The van der Waals surface area contributed by atoms with Crippen molar-refractivity contribution in [2.45, 2.75) is 13.1 Å². The van der Waals surface area contributed by atoms with Gasteiger partial charge in [-0.05, 0) is 65.4 Å². The predicted molar refractivity (Wildman–Crippen MR) is 87.0 cm³/mol. The van der Waals surface area contributed by atoms with Gasteiger partial charge in [0.15, 0.2) is 0 Å². The molecule has 0 aliphatic carbocycles. The SMILES string of the molecule is CN(C)Cc1ccc(NCc2ccc(O)c(Br)c2)cc1. The van der Waals surface area contributed by atoms with Gasteiger partial charge in [-0.3, -0.25) is 0 Å². The molecule has 106 valence electrons. The third-order valence-electron chi connectivity index (χ3n) is 2.96. The Hall–Kier alpha value is -1.52. The summed E-state index contributed by atoms with van der Waals surface area (Å²) in [4.78, 5) is 2.15. The van der Waals surface area contributed by atoms with E-state index in [-0.39, 0.29) is 5.75 Å². The number of nitrogens with one attached hydrogen (secondary N) is 1. The van der Waals surface area contributed by atoms with E-state index in [9.17, 15) is 5.11 Å². The number of benzene rings is 2. The smallest absolute Gasteiger partial charge is 0.129 e. The minimum Gasteiger partial charge on any atom is -0.507 e. The first-order valence-corrected chi connectivity index (χ1v) is 7.29. The second kappa shape index (κ2) is 6.77. The minimum atomic E-state index is 0.266. The van der Waals surface area contributed by atoms with Crippen molar-refractivity contribution in [3.63, 3.8) is 0 Å². The number of phenolic OH excluding ortho intramolecular Hbond substituents is 1. The van der Waals surface area contributed by atoms with Crippen LogP contribution in [0.3, 0.4) is 0 Å². The number of nitrogens with zero attached hydrogens (tertiary/aromatic N) is 1. The lowest BCUT2D eigenvalue weighted by molar-refractivity contribution is 0.402. The third-order valence-corrected chi connectivity index (χ3v) is 3.60. The number of halogens is 1. The molecule has 20 heavy (non-hydrogen) atoms. The van der Waals surface area contributed by atoms with E-state index in [1.807, 2.05) is 12.1 Å². The molecule has 0 amide bonds. The average molecular weight is 335 g/mol. The van der Waals surface area contributed by atoms with Gasteiger partial charge in [0, 0.05) is 18.8 Å². The molecule has 0 unspecified atom stereocenters. The Morgan fingerprint density at radius 1 is 1.05 bits per heavy atom. The first kappa shape index (κ1) is 14.9. The van der Waals surface area contributed by atoms with E-state index in [0.29, 0.717) is 0 Å². The molecule has 2 aromatic rings. The van der Waals surface area contributed by atoms with Gasteiger partial charge in [0.05, 0.1) is 4.47 Å². The van der Waals surface area contributed by atoms with Crippen LogP contribution in [0.4, 0.5) is 5.69 Å². The van der Waals surface area contributed by atoms with Crippen molar-refractivity contribution in [3.05, 3.63) is 58.1 Å². The Balaban J connectivity index is 1.95. The van der Waals surface area contributed by atoms with Gasteiger partial charge in [-0.25, -0.2) is 0 Å². The highest BCUT2D eigenvalue weighted by Crippen LogP contribution is 2.24. The van der Waals surface area contributed by atoms with Crippen molar-refractivity contribution in [2.75, 3.05) is 19.4 Å². The second-order valence-corrected chi connectivity index (χ2v) is 5.93. The van der Waals surface area contributed by atoms with Crippen molar-refractivity contribution in [1.82, 2.24) is 4.90 Å². The number of aromatic hydroxyl groups is 1. The molecule has 0 aliphatic heterocycles. The van der Waals surface area contributed by atoms with Crippen LogP contribution in [0.25, 0.3) is 0 Å². The summed E-state index contributed by atoms with van der Waals surface area (Å²) in [5.41, 5.74) is 3.51. The zero-order chi connectivity index (χ0) is 14.5. The highest BCUT2D eigenvalue weighted by atomic mass is 79.9. The largest absolute Gasteiger partial charge is 0.507 e. The highest BCUT2D eigenvalue weighted by molar-refractivity contribution is 9.10. The normalized spacial score (nSPS) is 10.8. The van der Waals surface area contributed by atoms with E-state index in [1.54, 1.807) is 6.07 Å². The van der Waals surface area contributed by atoms with Gasteiger partial charge < -0.3 is 15.3 Å². The fraction of sp³-hybridized carbons (Fsp3) is 0.250. The molecule has 0 spiro atoms. The van der Waals surface area contributed by atoms with Gasteiger partial charge in [-0.15, -0.1) is 0 Å². The summed E-state index contributed by atoms with van der Waals surface area (Å²) in [5, 5.41) is 12.8. The van der Waals surface area contributed by atoms with E-state index >= 15 is 0 Å². The molecule has 2 aromatic carbocycles.